The molecule has 0 saturated carbocycles. The number of carboxylic acids is 1. The van der Waals surface area contributed by atoms with Crippen LogP contribution in [0.5, 0.6) is 0 Å². The molecule has 0 aromatic carbocycles. The van der Waals surface area contributed by atoms with Crippen molar-refractivity contribution in [1.82, 2.24) is 0 Å². The van der Waals surface area contributed by atoms with Crippen LogP contribution in [0, 0.1) is 0 Å². The molecule has 0 bridgehead atoms. The van der Waals surface area contributed by atoms with E-state index >= 15 is 0 Å². The van der Waals surface area contributed by atoms with E-state index in [-0.39, 0.29) is 11.7 Å². The largest absolute Gasteiger partial charge is 0.481 e. The van der Waals surface area contributed by atoms with Crippen LogP contribution in [0.2, 0.25) is 0 Å². The Labute approximate surface area is 71.0 Å². The predicted octanol–water partition coefficient (Wildman–Crippen LogP) is 0.570. The van der Waals surface area contributed by atoms with E-state index in [0.29, 0.717) is 6.61 Å². The maximum Gasteiger partial charge on any atom is 0.313 e. The number of carboxylic acid groups (broad SMARTS) is 1. The van der Waals surface area contributed by atoms with Gasteiger partial charge in [0.25, 0.3) is 0 Å². The number of rotatable bonds is 2. The molecule has 0 aromatic rings. The minimum absolute atomic E-state index is 0.0833. The van der Waals surface area contributed by atoms with Crippen LogP contribution in [0.3, 0.4) is 0 Å². The number of thiol groups is 1. The predicted molar refractivity (Wildman–Crippen MR) is 43.8 cm³/mol. The molecule has 1 N–H and O–H groups in total. The zero-order chi connectivity index (χ0) is 9.28. The number of carbonyl (C=O) groups excluding carboxylic acids is 1. The van der Waals surface area contributed by atoms with Gasteiger partial charge in [-0.05, 0) is 6.92 Å². The summed E-state index contributed by atoms with van der Waals surface area (Å²) in [6.45, 7) is 3.65. The van der Waals surface area contributed by atoms with Gasteiger partial charge in [0.05, 0.1) is 12.4 Å². The van der Waals surface area contributed by atoms with Crippen LogP contribution in [0.1, 0.15) is 13.8 Å². The smallest absolute Gasteiger partial charge is 0.313 e. The van der Waals surface area contributed by atoms with E-state index in [1.54, 1.807) is 6.92 Å². The molecular weight excluding hydrogens is 168 g/mol. The zero-order valence-electron chi connectivity index (χ0n) is 6.53. The van der Waals surface area contributed by atoms with E-state index in [0.717, 1.165) is 0 Å². The minimum Gasteiger partial charge on any atom is -0.481 e. The number of aliphatic carboxylic acids is 1. The summed E-state index contributed by atoms with van der Waals surface area (Å²) in [4.78, 5) is 19.1. The molecule has 0 spiro atoms. The highest BCUT2D eigenvalue weighted by atomic mass is 32.1. The van der Waals surface area contributed by atoms with E-state index < -0.39 is 5.97 Å². The van der Waals surface area contributed by atoms with E-state index in [1.165, 1.54) is 6.92 Å². The lowest BCUT2D eigenvalue weighted by Crippen LogP contribution is -1.95. The molecule has 5 heteroatoms. The molecule has 4 nitrogen and oxygen atoms in total. The topological polar surface area (TPSA) is 63.6 Å². The van der Waals surface area contributed by atoms with Gasteiger partial charge in [0.2, 0.25) is 0 Å². The molecule has 0 amide bonds. The average molecular weight is 180 g/mol. The van der Waals surface area contributed by atoms with Crippen LogP contribution in [-0.2, 0) is 14.3 Å². The summed E-state index contributed by atoms with van der Waals surface area (Å²) in [5.41, 5.74) is 0. The molecule has 0 heterocycles. The summed E-state index contributed by atoms with van der Waals surface area (Å²) in [6.07, 6.45) is 0. The lowest BCUT2D eigenvalue weighted by atomic mass is 10.8. The number of esters is 1. The summed E-state index contributed by atoms with van der Waals surface area (Å²) >= 11 is 3.42. The fourth-order valence-electron chi connectivity index (χ4n) is 0.203. The standard InChI is InChI=1S/C4H8O2.C2H4O2S/c1-3-6-4(2)5;3-2(4)1-5/h3H2,1-2H3;5H,1H2,(H,3,4). The number of hydrogen-bond acceptors (Lipinski definition) is 4. The highest BCUT2D eigenvalue weighted by Gasteiger charge is 1.82. The van der Waals surface area contributed by atoms with Gasteiger partial charge >= 0.3 is 11.9 Å². The van der Waals surface area contributed by atoms with Gasteiger partial charge in [0, 0.05) is 6.92 Å². The van der Waals surface area contributed by atoms with Gasteiger partial charge in [0.15, 0.2) is 0 Å². The quantitative estimate of drug-likeness (QED) is 0.481. The molecule has 0 radical (unpaired) electrons. The van der Waals surface area contributed by atoms with Gasteiger partial charge in [-0.25, -0.2) is 0 Å². The van der Waals surface area contributed by atoms with Crippen molar-refractivity contribution in [3.63, 3.8) is 0 Å². The van der Waals surface area contributed by atoms with E-state index in [1.807, 2.05) is 0 Å². The minimum atomic E-state index is -0.881. The first kappa shape index (κ1) is 12.9. The van der Waals surface area contributed by atoms with Crippen LogP contribution in [-0.4, -0.2) is 29.4 Å². The molecular formula is C6H12O4S. The summed E-state index contributed by atoms with van der Waals surface area (Å²) in [6, 6.07) is 0. The van der Waals surface area contributed by atoms with Gasteiger partial charge in [-0.2, -0.15) is 12.6 Å². The van der Waals surface area contributed by atoms with Gasteiger partial charge < -0.3 is 9.84 Å². The molecule has 11 heavy (non-hydrogen) atoms. The summed E-state index contributed by atoms with van der Waals surface area (Å²) in [5.74, 6) is -1.18. The monoisotopic (exact) mass is 180 g/mol. The molecule has 0 saturated heterocycles. The second-order valence-corrected chi connectivity index (χ2v) is 1.79. The third kappa shape index (κ3) is 26.8. The first-order valence-corrected chi connectivity index (χ1v) is 3.63. The SMILES string of the molecule is CCOC(C)=O.O=C(O)CS. The lowest BCUT2D eigenvalue weighted by molar-refractivity contribution is -0.140. The second kappa shape index (κ2) is 9.29. The molecule has 0 aliphatic heterocycles. The van der Waals surface area contributed by atoms with Crippen molar-refractivity contribution in [3.05, 3.63) is 0 Å². The van der Waals surface area contributed by atoms with Gasteiger partial charge in [-0.1, -0.05) is 0 Å². The van der Waals surface area contributed by atoms with Crippen molar-refractivity contribution in [3.8, 4) is 0 Å². The Morgan fingerprint density at radius 3 is 1.91 bits per heavy atom. The van der Waals surface area contributed by atoms with Crippen LogP contribution >= 0.6 is 12.6 Å². The number of ether oxygens (including phenoxy) is 1. The normalized spacial score (nSPS) is 7.55. The first-order valence-electron chi connectivity index (χ1n) is 3.00. The number of carbonyl (C=O) groups is 2. The van der Waals surface area contributed by atoms with Crippen LogP contribution in [0.15, 0.2) is 0 Å². The van der Waals surface area contributed by atoms with Crippen molar-refractivity contribution in [2.45, 2.75) is 13.8 Å². The molecule has 0 aliphatic rings. The fraction of sp³-hybridized carbons (Fsp3) is 0.667. The Morgan fingerprint density at radius 1 is 1.55 bits per heavy atom. The van der Waals surface area contributed by atoms with Crippen molar-refractivity contribution >= 4 is 24.6 Å². The van der Waals surface area contributed by atoms with Crippen molar-refractivity contribution < 1.29 is 19.4 Å². The maximum atomic E-state index is 9.82. The van der Waals surface area contributed by atoms with E-state index in [2.05, 4.69) is 17.4 Å². The van der Waals surface area contributed by atoms with Crippen LogP contribution in [0.4, 0.5) is 0 Å². The summed E-state index contributed by atoms with van der Waals surface area (Å²) in [7, 11) is 0. The van der Waals surface area contributed by atoms with E-state index in [4.69, 9.17) is 5.11 Å². The third-order valence-corrected chi connectivity index (χ3v) is 0.753. The van der Waals surface area contributed by atoms with Crippen molar-refractivity contribution in [1.29, 1.82) is 0 Å². The summed E-state index contributed by atoms with van der Waals surface area (Å²) in [5, 5.41) is 7.65. The molecule has 0 unspecified atom stereocenters. The second-order valence-electron chi connectivity index (χ2n) is 1.48. The Morgan fingerprint density at radius 2 is 1.91 bits per heavy atom. The van der Waals surface area contributed by atoms with Crippen LogP contribution in [0.25, 0.3) is 0 Å². The molecule has 0 aromatic heterocycles. The fourth-order valence-corrected chi connectivity index (χ4v) is 0.203. The average Bonchev–Trinajstić information content (AvgIpc) is 1.89. The Hall–Kier alpha value is -0.710. The Kier molecular flexibility index (Phi) is 10.9. The molecule has 0 atom stereocenters. The lowest BCUT2D eigenvalue weighted by Gasteiger charge is -1.89. The first-order chi connectivity index (χ1) is 5.04. The van der Waals surface area contributed by atoms with Crippen LogP contribution < -0.4 is 0 Å². The van der Waals surface area contributed by atoms with Gasteiger partial charge in [-0.3, -0.25) is 9.59 Å². The molecule has 0 fully saturated rings. The molecule has 66 valence electrons. The highest BCUT2D eigenvalue weighted by Crippen LogP contribution is 1.69. The Bertz CT molecular complexity index is 124. The highest BCUT2D eigenvalue weighted by molar-refractivity contribution is 7.81. The van der Waals surface area contributed by atoms with Gasteiger partial charge in [0.1, 0.15) is 0 Å². The third-order valence-electron chi connectivity index (χ3n) is 0.483. The van der Waals surface area contributed by atoms with Crippen molar-refractivity contribution in [2.24, 2.45) is 0 Å². The summed E-state index contributed by atoms with van der Waals surface area (Å²) < 4.78 is 4.40. The molecule has 0 rings (SSSR count). The maximum absolute atomic E-state index is 9.82. The zero-order valence-corrected chi connectivity index (χ0v) is 7.43. The Balaban J connectivity index is 0. The van der Waals surface area contributed by atoms with Gasteiger partial charge in [-0.15, -0.1) is 0 Å². The molecule has 0 aliphatic carbocycles. The number of hydrogen-bond donors (Lipinski definition) is 2. The van der Waals surface area contributed by atoms with Crippen molar-refractivity contribution in [2.75, 3.05) is 12.4 Å². The van der Waals surface area contributed by atoms with E-state index in [9.17, 15) is 9.59 Å².